The Morgan fingerprint density at radius 3 is 3.04 bits per heavy atom. The number of likely N-dealkylation sites (tertiary alicyclic amines) is 1. The molecule has 3 heterocycles. The number of amides is 1. The lowest BCUT2D eigenvalue weighted by molar-refractivity contribution is -0.132. The molecule has 0 N–H and O–H groups in total. The van der Waals surface area contributed by atoms with Crippen molar-refractivity contribution in [3.63, 3.8) is 0 Å². The second-order valence-corrected chi connectivity index (χ2v) is 6.96. The van der Waals surface area contributed by atoms with Gasteiger partial charge in [0.15, 0.2) is 0 Å². The normalized spacial score (nSPS) is 17.1. The van der Waals surface area contributed by atoms with E-state index in [1.165, 1.54) is 5.56 Å². The molecule has 4 rings (SSSR count). The topological polar surface area (TPSA) is 63.9 Å². The van der Waals surface area contributed by atoms with Crippen molar-refractivity contribution in [3.05, 3.63) is 53.9 Å². The Morgan fingerprint density at radius 2 is 2.15 bits per heavy atom. The van der Waals surface area contributed by atoms with E-state index in [9.17, 15) is 4.79 Å². The summed E-state index contributed by atoms with van der Waals surface area (Å²) in [5.74, 6) is 0.133. The number of para-hydroxylation sites is 1. The maximum Gasteiger partial charge on any atom is 0.244 e. The molecule has 1 saturated heterocycles. The minimum absolute atomic E-state index is 0.133. The molecule has 0 bridgehead atoms. The first-order valence-corrected chi connectivity index (χ1v) is 9.20. The Labute approximate surface area is 152 Å². The van der Waals surface area contributed by atoms with Crippen LogP contribution in [0.4, 0.5) is 0 Å². The first-order chi connectivity index (χ1) is 12.7. The van der Waals surface area contributed by atoms with Gasteiger partial charge in [-0.05, 0) is 62.4 Å². The van der Waals surface area contributed by atoms with Crippen molar-refractivity contribution >= 4 is 16.9 Å². The van der Waals surface area contributed by atoms with E-state index in [1.54, 1.807) is 4.68 Å². The molecule has 0 saturated carbocycles. The summed E-state index contributed by atoms with van der Waals surface area (Å²) < 4.78 is 1.71. The van der Waals surface area contributed by atoms with Gasteiger partial charge < -0.3 is 4.90 Å². The van der Waals surface area contributed by atoms with Gasteiger partial charge in [-0.1, -0.05) is 17.3 Å². The zero-order valence-corrected chi connectivity index (χ0v) is 15.0. The van der Waals surface area contributed by atoms with Crippen molar-refractivity contribution in [1.29, 1.82) is 0 Å². The van der Waals surface area contributed by atoms with Crippen LogP contribution in [0.2, 0.25) is 0 Å². The van der Waals surface area contributed by atoms with Crippen LogP contribution in [0.25, 0.3) is 11.0 Å². The van der Waals surface area contributed by atoms with Gasteiger partial charge in [0.05, 0.1) is 5.52 Å². The number of rotatable bonds is 5. The molecule has 1 aliphatic heterocycles. The van der Waals surface area contributed by atoms with Gasteiger partial charge >= 0.3 is 0 Å². The molecular formula is C20H23N5O. The molecule has 1 aromatic carbocycles. The van der Waals surface area contributed by atoms with E-state index < -0.39 is 0 Å². The number of benzene rings is 1. The number of fused-ring (bicyclic) bond motifs is 1. The Morgan fingerprint density at radius 1 is 1.27 bits per heavy atom. The largest absolute Gasteiger partial charge is 0.338 e. The van der Waals surface area contributed by atoms with Crippen LogP contribution >= 0.6 is 0 Å². The molecule has 1 aliphatic rings. The van der Waals surface area contributed by atoms with Gasteiger partial charge in [-0.25, -0.2) is 4.68 Å². The molecule has 6 heteroatoms. The van der Waals surface area contributed by atoms with E-state index in [4.69, 9.17) is 0 Å². The molecule has 26 heavy (non-hydrogen) atoms. The summed E-state index contributed by atoms with van der Waals surface area (Å²) in [4.78, 5) is 19.1. The van der Waals surface area contributed by atoms with Crippen LogP contribution in [0.5, 0.6) is 0 Å². The fourth-order valence-corrected chi connectivity index (χ4v) is 3.81. The minimum Gasteiger partial charge on any atom is -0.338 e. The quantitative estimate of drug-likeness (QED) is 0.710. The Balaban J connectivity index is 1.41. The molecule has 0 unspecified atom stereocenters. The van der Waals surface area contributed by atoms with E-state index in [2.05, 4.69) is 27.4 Å². The summed E-state index contributed by atoms with van der Waals surface area (Å²) in [5, 5.41) is 8.29. The summed E-state index contributed by atoms with van der Waals surface area (Å²) in [7, 11) is 0. The zero-order valence-electron chi connectivity index (χ0n) is 15.0. The highest BCUT2D eigenvalue weighted by atomic mass is 16.2. The lowest BCUT2D eigenvalue weighted by atomic mass is 10.0. The zero-order chi connectivity index (χ0) is 17.9. The van der Waals surface area contributed by atoms with Gasteiger partial charge in [-0.15, -0.1) is 5.10 Å². The summed E-state index contributed by atoms with van der Waals surface area (Å²) in [6, 6.07) is 12.3. The number of carbonyl (C=O) groups is 1. The molecule has 0 aliphatic carbocycles. The SMILES string of the molecule is Cc1cc(CC[C@@H]2CCCN2C(=O)Cn2nnc3ccccc32)ccn1. The minimum atomic E-state index is 0.133. The van der Waals surface area contributed by atoms with E-state index >= 15 is 0 Å². The van der Waals surface area contributed by atoms with Gasteiger partial charge in [0, 0.05) is 24.5 Å². The first-order valence-electron chi connectivity index (χ1n) is 9.20. The summed E-state index contributed by atoms with van der Waals surface area (Å²) in [5.41, 5.74) is 4.06. The van der Waals surface area contributed by atoms with Crippen molar-refractivity contribution < 1.29 is 4.79 Å². The third kappa shape index (κ3) is 3.45. The van der Waals surface area contributed by atoms with Crippen molar-refractivity contribution in [2.75, 3.05) is 6.54 Å². The van der Waals surface area contributed by atoms with E-state index in [0.717, 1.165) is 49.0 Å². The Bertz CT molecular complexity index is 919. The van der Waals surface area contributed by atoms with Crippen molar-refractivity contribution in [1.82, 2.24) is 24.9 Å². The standard InChI is InChI=1S/C20H23N5O/c1-15-13-16(10-11-21-15)8-9-17-5-4-12-24(17)20(26)14-25-19-7-3-2-6-18(19)22-23-25/h2-3,6-7,10-11,13,17H,4-5,8-9,12,14H2,1H3/t17-/m0/s1. The van der Waals surface area contributed by atoms with Crippen LogP contribution < -0.4 is 0 Å². The molecular weight excluding hydrogens is 326 g/mol. The molecule has 0 spiro atoms. The second-order valence-electron chi connectivity index (χ2n) is 6.96. The highest BCUT2D eigenvalue weighted by Crippen LogP contribution is 2.23. The van der Waals surface area contributed by atoms with Crippen molar-refractivity contribution in [2.24, 2.45) is 0 Å². The molecule has 1 fully saturated rings. The van der Waals surface area contributed by atoms with Gasteiger partial charge in [0.25, 0.3) is 0 Å². The number of carbonyl (C=O) groups excluding carboxylic acids is 1. The van der Waals surface area contributed by atoms with E-state index in [-0.39, 0.29) is 12.5 Å². The number of pyridine rings is 1. The van der Waals surface area contributed by atoms with E-state index in [0.29, 0.717) is 6.04 Å². The molecule has 0 radical (unpaired) electrons. The Hall–Kier alpha value is -2.76. The third-order valence-electron chi connectivity index (χ3n) is 5.13. The lowest BCUT2D eigenvalue weighted by Crippen LogP contribution is -2.38. The number of hydrogen-bond acceptors (Lipinski definition) is 4. The maximum absolute atomic E-state index is 12.9. The summed E-state index contributed by atoms with van der Waals surface area (Å²) in [6.07, 6.45) is 5.98. The third-order valence-corrected chi connectivity index (χ3v) is 5.13. The Kier molecular flexibility index (Phi) is 4.65. The van der Waals surface area contributed by atoms with Crippen molar-refractivity contribution in [2.45, 2.75) is 45.2 Å². The van der Waals surface area contributed by atoms with Gasteiger partial charge in [0.1, 0.15) is 12.1 Å². The molecule has 6 nitrogen and oxygen atoms in total. The first kappa shape index (κ1) is 16.7. The molecule has 2 aromatic heterocycles. The lowest BCUT2D eigenvalue weighted by Gasteiger charge is -2.25. The number of nitrogens with zero attached hydrogens (tertiary/aromatic N) is 5. The molecule has 134 valence electrons. The number of hydrogen-bond donors (Lipinski definition) is 0. The van der Waals surface area contributed by atoms with Crippen LogP contribution in [0.15, 0.2) is 42.6 Å². The molecule has 1 amide bonds. The molecule has 1 atom stereocenters. The predicted octanol–water partition coefficient (Wildman–Crippen LogP) is 2.76. The fourth-order valence-electron chi connectivity index (χ4n) is 3.81. The smallest absolute Gasteiger partial charge is 0.244 e. The summed E-state index contributed by atoms with van der Waals surface area (Å²) >= 11 is 0. The number of aromatic nitrogens is 4. The highest BCUT2D eigenvalue weighted by molar-refractivity contribution is 5.80. The van der Waals surface area contributed by atoms with Crippen LogP contribution in [0, 0.1) is 6.92 Å². The van der Waals surface area contributed by atoms with Gasteiger partial charge in [-0.2, -0.15) is 0 Å². The van der Waals surface area contributed by atoms with Crippen LogP contribution in [-0.4, -0.2) is 43.4 Å². The van der Waals surface area contributed by atoms with Gasteiger partial charge in [0.2, 0.25) is 5.91 Å². The van der Waals surface area contributed by atoms with E-state index in [1.807, 2.05) is 42.3 Å². The predicted molar refractivity (Wildman–Crippen MR) is 99.6 cm³/mol. The van der Waals surface area contributed by atoms with Crippen molar-refractivity contribution in [3.8, 4) is 0 Å². The maximum atomic E-state index is 12.9. The van der Waals surface area contributed by atoms with Crippen LogP contribution in [0.1, 0.15) is 30.5 Å². The summed E-state index contributed by atoms with van der Waals surface area (Å²) in [6.45, 7) is 3.11. The monoisotopic (exact) mass is 349 g/mol. The average Bonchev–Trinajstić information content (AvgIpc) is 3.27. The fraction of sp³-hybridized carbons (Fsp3) is 0.400. The van der Waals surface area contributed by atoms with Crippen LogP contribution in [0.3, 0.4) is 0 Å². The molecule has 3 aromatic rings. The highest BCUT2D eigenvalue weighted by Gasteiger charge is 2.28. The second kappa shape index (κ2) is 7.23. The van der Waals surface area contributed by atoms with Crippen LogP contribution in [-0.2, 0) is 17.8 Å². The number of aryl methyl sites for hydroxylation is 2. The van der Waals surface area contributed by atoms with Gasteiger partial charge in [-0.3, -0.25) is 9.78 Å². The average molecular weight is 349 g/mol.